The number of methoxy groups -OCH3 is 2. The lowest BCUT2D eigenvalue weighted by atomic mass is 10.2. The Morgan fingerprint density at radius 3 is 2.50 bits per heavy atom. The lowest BCUT2D eigenvalue weighted by Crippen LogP contribution is -2.31. The molecular formula is C22H24N2O3S. The van der Waals surface area contributed by atoms with E-state index in [1.807, 2.05) is 58.8 Å². The van der Waals surface area contributed by atoms with E-state index in [4.69, 9.17) is 9.47 Å². The first-order valence-electron chi connectivity index (χ1n) is 9.17. The third-order valence-corrected chi connectivity index (χ3v) is 5.24. The van der Waals surface area contributed by atoms with Gasteiger partial charge >= 0.3 is 0 Å². The number of thiazole rings is 1. The summed E-state index contributed by atoms with van der Waals surface area (Å²) in [5, 5.41) is 2.60. The smallest absolute Gasteiger partial charge is 0.273 e. The van der Waals surface area contributed by atoms with Gasteiger partial charge in [-0.25, -0.2) is 4.98 Å². The van der Waals surface area contributed by atoms with Gasteiger partial charge in [-0.1, -0.05) is 37.3 Å². The Hall–Kier alpha value is -2.86. The van der Waals surface area contributed by atoms with E-state index in [1.54, 1.807) is 14.2 Å². The molecule has 1 amide bonds. The standard InChI is InChI=1S/C22H24N2O3S/c1-4-12-24(14-16-8-6-5-7-9-16)22(25)18-15-28-21(23-18)17-10-11-19(26-2)20(13-17)27-3/h5-11,13,15H,4,12,14H2,1-3H3. The number of ether oxygens (including phenoxy) is 2. The van der Waals surface area contributed by atoms with Crippen molar-refractivity contribution in [2.75, 3.05) is 20.8 Å². The maximum atomic E-state index is 13.0. The van der Waals surface area contributed by atoms with E-state index in [2.05, 4.69) is 11.9 Å². The quantitative estimate of drug-likeness (QED) is 0.545. The highest BCUT2D eigenvalue weighted by Crippen LogP contribution is 2.33. The SMILES string of the molecule is CCCN(Cc1ccccc1)C(=O)c1csc(-c2ccc(OC)c(OC)c2)n1. The van der Waals surface area contributed by atoms with Crippen LogP contribution >= 0.6 is 11.3 Å². The number of hydrogen-bond donors (Lipinski definition) is 0. The second kappa shape index (κ2) is 9.37. The summed E-state index contributed by atoms with van der Waals surface area (Å²) in [6.45, 7) is 3.34. The number of hydrogen-bond acceptors (Lipinski definition) is 5. The molecule has 5 nitrogen and oxygen atoms in total. The molecule has 0 bridgehead atoms. The predicted octanol–water partition coefficient (Wildman–Crippen LogP) is 4.88. The zero-order valence-corrected chi connectivity index (χ0v) is 17.2. The lowest BCUT2D eigenvalue weighted by Gasteiger charge is -2.21. The van der Waals surface area contributed by atoms with E-state index in [9.17, 15) is 4.79 Å². The number of nitrogens with zero attached hydrogens (tertiary/aromatic N) is 2. The molecule has 2 aromatic carbocycles. The second-order valence-corrected chi connectivity index (χ2v) is 7.18. The van der Waals surface area contributed by atoms with Gasteiger partial charge in [0.2, 0.25) is 0 Å². The van der Waals surface area contributed by atoms with Crippen LogP contribution in [0.25, 0.3) is 10.6 Å². The number of carbonyl (C=O) groups is 1. The van der Waals surface area contributed by atoms with Crippen molar-refractivity contribution in [1.29, 1.82) is 0 Å². The van der Waals surface area contributed by atoms with Crippen molar-refractivity contribution in [3.63, 3.8) is 0 Å². The van der Waals surface area contributed by atoms with E-state index >= 15 is 0 Å². The topological polar surface area (TPSA) is 51.7 Å². The summed E-state index contributed by atoms with van der Waals surface area (Å²) in [7, 11) is 3.21. The Morgan fingerprint density at radius 2 is 1.82 bits per heavy atom. The Bertz CT molecular complexity index is 925. The molecule has 6 heteroatoms. The average molecular weight is 397 g/mol. The Kier molecular flexibility index (Phi) is 6.66. The summed E-state index contributed by atoms with van der Waals surface area (Å²) in [4.78, 5) is 19.5. The molecule has 0 unspecified atom stereocenters. The highest BCUT2D eigenvalue weighted by Gasteiger charge is 2.19. The van der Waals surface area contributed by atoms with E-state index < -0.39 is 0 Å². The zero-order valence-electron chi connectivity index (χ0n) is 16.3. The summed E-state index contributed by atoms with van der Waals surface area (Å²) in [6.07, 6.45) is 0.894. The van der Waals surface area contributed by atoms with Gasteiger partial charge in [0.05, 0.1) is 14.2 Å². The Morgan fingerprint density at radius 1 is 1.07 bits per heavy atom. The van der Waals surface area contributed by atoms with Crippen LogP contribution in [0.5, 0.6) is 11.5 Å². The van der Waals surface area contributed by atoms with Crippen molar-refractivity contribution in [3.05, 3.63) is 65.2 Å². The third kappa shape index (κ3) is 4.51. The molecule has 28 heavy (non-hydrogen) atoms. The Labute approximate surface area is 169 Å². The largest absolute Gasteiger partial charge is 0.493 e. The van der Waals surface area contributed by atoms with Gasteiger partial charge in [-0.2, -0.15) is 0 Å². The van der Waals surface area contributed by atoms with Gasteiger partial charge in [0.15, 0.2) is 11.5 Å². The number of aromatic nitrogens is 1. The van der Waals surface area contributed by atoms with Gasteiger partial charge in [0, 0.05) is 24.0 Å². The van der Waals surface area contributed by atoms with Crippen LogP contribution in [0.3, 0.4) is 0 Å². The molecule has 0 aliphatic carbocycles. The van der Waals surface area contributed by atoms with Crippen molar-refractivity contribution < 1.29 is 14.3 Å². The van der Waals surface area contributed by atoms with Gasteiger partial charge < -0.3 is 14.4 Å². The molecule has 0 saturated heterocycles. The van der Waals surface area contributed by atoms with Crippen LogP contribution < -0.4 is 9.47 Å². The van der Waals surface area contributed by atoms with Gasteiger partial charge in [0.1, 0.15) is 10.7 Å². The lowest BCUT2D eigenvalue weighted by molar-refractivity contribution is 0.0738. The maximum absolute atomic E-state index is 13.0. The number of benzene rings is 2. The molecule has 1 heterocycles. The first-order valence-corrected chi connectivity index (χ1v) is 10.0. The molecule has 0 atom stereocenters. The van der Waals surface area contributed by atoms with Crippen LogP contribution in [0.2, 0.25) is 0 Å². The molecule has 3 aromatic rings. The monoisotopic (exact) mass is 396 g/mol. The molecule has 0 aliphatic rings. The predicted molar refractivity (Wildman–Crippen MR) is 112 cm³/mol. The van der Waals surface area contributed by atoms with Crippen molar-refractivity contribution in [2.24, 2.45) is 0 Å². The highest BCUT2D eigenvalue weighted by molar-refractivity contribution is 7.13. The van der Waals surface area contributed by atoms with Gasteiger partial charge in [-0.05, 0) is 30.2 Å². The van der Waals surface area contributed by atoms with Crippen molar-refractivity contribution in [1.82, 2.24) is 9.88 Å². The fourth-order valence-corrected chi connectivity index (χ4v) is 3.75. The van der Waals surface area contributed by atoms with E-state index in [0.717, 1.165) is 22.6 Å². The minimum absolute atomic E-state index is 0.0475. The first-order chi connectivity index (χ1) is 13.7. The summed E-state index contributed by atoms with van der Waals surface area (Å²) in [5.41, 5.74) is 2.48. The zero-order chi connectivity index (χ0) is 19.9. The number of amides is 1. The molecule has 0 spiro atoms. The maximum Gasteiger partial charge on any atom is 0.273 e. The third-order valence-electron chi connectivity index (χ3n) is 4.35. The van der Waals surface area contributed by atoms with Crippen molar-refractivity contribution >= 4 is 17.2 Å². The summed E-state index contributed by atoms with van der Waals surface area (Å²) < 4.78 is 10.6. The fourth-order valence-electron chi connectivity index (χ4n) is 2.96. The second-order valence-electron chi connectivity index (χ2n) is 6.32. The molecule has 0 radical (unpaired) electrons. The Balaban J connectivity index is 1.82. The molecule has 0 aliphatic heterocycles. The van der Waals surface area contributed by atoms with Crippen LogP contribution in [-0.2, 0) is 6.54 Å². The number of rotatable bonds is 8. The molecule has 1 aromatic heterocycles. The fraction of sp³-hybridized carbons (Fsp3) is 0.273. The van der Waals surface area contributed by atoms with Crippen LogP contribution in [0.1, 0.15) is 29.4 Å². The van der Waals surface area contributed by atoms with Crippen LogP contribution in [-0.4, -0.2) is 36.6 Å². The van der Waals surface area contributed by atoms with E-state index in [1.165, 1.54) is 11.3 Å². The van der Waals surface area contributed by atoms with Crippen LogP contribution in [0.4, 0.5) is 0 Å². The number of carbonyl (C=O) groups excluding carboxylic acids is 1. The van der Waals surface area contributed by atoms with E-state index in [0.29, 0.717) is 30.3 Å². The molecule has 146 valence electrons. The first kappa shape index (κ1) is 19.9. The van der Waals surface area contributed by atoms with Crippen LogP contribution in [0, 0.1) is 0 Å². The van der Waals surface area contributed by atoms with Crippen LogP contribution in [0.15, 0.2) is 53.9 Å². The average Bonchev–Trinajstić information content (AvgIpc) is 3.23. The molecule has 3 rings (SSSR count). The minimum Gasteiger partial charge on any atom is -0.493 e. The summed E-state index contributed by atoms with van der Waals surface area (Å²) >= 11 is 1.45. The molecule has 0 N–H and O–H groups in total. The molecule has 0 fully saturated rings. The van der Waals surface area contributed by atoms with Gasteiger partial charge in [0.25, 0.3) is 5.91 Å². The van der Waals surface area contributed by atoms with Gasteiger partial charge in [-0.15, -0.1) is 11.3 Å². The molecular weight excluding hydrogens is 372 g/mol. The van der Waals surface area contributed by atoms with Crippen molar-refractivity contribution in [3.8, 4) is 22.1 Å². The van der Waals surface area contributed by atoms with Gasteiger partial charge in [-0.3, -0.25) is 4.79 Å². The normalized spacial score (nSPS) is 10.5. The van der Waals surface area contributed by atoms with Crippen molar-refractivity contribution in [2.45, 2.75) is 19.9 Å². The molecule has 0 saturated carbocycles. The summed E-state index contributed by atoms with van der Waals surface area (Å²) in [6, 6.07) is 15.7. The highest BCUT2D eigenvalue weighted by atomic mass is 32.1. The van der Waals surface area contributed by atoms with E-state index in [-0.39, 0.29) is 5.91 Å². The summed E-state index contributed by atoms with van der Waals surface area (Å²) in [5.74, 6) is 1.25. The minimum atomic E-state index is -0.0475.